The predicted octanol–water partition coefficient (Wildman–Crippen LogP) is 3.02. The molecule has 0 fully saturated rings. The minimum absolute atomic E-state index is 0.0923. The molecule has 1 N–H and O–H groups in total. The van der Waals surface area contributed by atoms with Crippen molar-refractivity contribution in [2.24, 2.45) is 7.05 Å². The van der Waals surface area contributed by atoms with Crippen LogP contribution in [0.4, 0.5) is 0 Å². The van der Waals surface area contributed by atoms with Gasteiger partial charge in [-0.3, -0.25) is 14.2 Å². The highest BCUT2D eigenvalue weighted by Gasteiger charge is 2.16. The van der Waals surface area contributed by atoms with E-state index in [4.69, 9.17) is 0 Å². The van der Waals surface area contributed by atoms with Gasteiger partial charge in [-0.25, -0.2) is 9.97 Å². The summed E-state index contributed by atoms with van der Waals surface area (Å²) in [6.07, 6.45) is 0. The van der Waals surface area contributed by atoms with Gasteiger partial charge in [0.1, 0.15) is 5.82 Å². The largest absolute Gasteiger partial charge is 0.309 e. The predicted molar refractivity (Wildman–Crippen MR) is 104 cm³/mol. The summed E-state index contributed by atoms with van der Waals surface area (Å²) in [4.78, 5) is 36.8. The fourth-order valence-corrected chi connectivity index (χ4v) is 3.75. The zero-order valence-corrected chi connectivity index (χ0v) is 15.1. The first-order valence-corrected chi connectivity index (χ1v) is 9.04. The van der Waals surface area contributed by atoms with E-state index in [1.165, 1.54) is 16.3 Å². The number of nitrogens with zero attached hydrogens (tertiary/aromatic N) is 3. The van der Waals surface area contributed by atoms with E-state index in [0.29, 0.717) is 32.8 Å². The molecule has 6 nitrogen and oxygen atoms in total. The van der Waals surface area contributed by atoms with Gasteiger partial charge < -0.3 is 4.98 Å². The summed E-state index contributed by atoms with van der Waals surface area (Å²) in [6, 6.07) is 14.5. The van der Waals surface area contributed by atoms with Crippen LogP contribution >= 0.6 is 11.8 Å². The first-order chi connectivity index (χ1) is 12.5. The van der Waals surface area contributed by atoms with Crippen molar-refractivity contribution >= 4 is 33.6 Å². The van der Waals surface area contributed by atoms with Crippen LogP contribution in [0.25, 0.3) is 21.8 Å². The van der Waals surface area contributed by atoms with Crippen molar-refractivity contribution in [3.8, 4) is 0 Å². The Morgan fingerprint density at radius 3 is 2.31 bits per heavy atom. The van der Waals surface area contributed by atoms with Crippen molar-refractivity contribution in [3.63, 3.8) is 0 Å². The molecule has 0 aliphatic carbocycles. The number of aromatic amines is 1. The Morgan fingerprint density at radius 2 is 1.58 bits per heavy atom. The second-order valence-electron chi connectivity index (χ2n) is 6.00. The number of nitrogens with one attached hydrogen (secondary N) is 1. The molecule has 0 unspecified atom stereocenters. The van der Waals surface area contributed by atoms with Gasteiger partial charge in [0.15, 0.2) is 5.16 Å². The first kappa shape index (κ1) is 16.5. The fourth-order valence-electron chi connectivity index (χ4n) is 2.81. The molecule has 2 aromatic heterocycles. The quantitative estimate of drug-likeness (QED) is 0.446. The van der Waals surface area contributed by atoms with Crippen molar-refractivity contribution in [3.05, 3.63) is 75.1 Å². The number of hydrogen-bond donors (Lipinski definition) is 1. The average molecular weight is 364 g/mol. The molecule has 4 aromatic rings. The highest BCUT2D eigenvalue weighted by atomic mass is 32.2. The lowest BCUT2D eigenvalue weighted by Gasteiger charge is -2.13. The minimum Gasteiger partial charge on any atom is -0.309 e. The van der Waals surface area contributed by atoms with Gasteiger partial charge in [0.25, 0.3) is 11.1 Å². The Labute approximate surface area is 152 Å². The Balaban J connectivity index is 1.76. The van der Waals surface area contributed by atoms with Gasteiger partial charge >= 0.3 is 0 Å². The summed E-state index contributed by atoms with van der Waals surface area (Å²) in [7, 11) is 1.70. The van der Waals surface area contributed by atoms with Crippen LogP contribution < -0.4 is 11.1 Å². The normalized spacial score (nSPS) is 12.5. The fraction of sp³-hybridized carbons (Fsp3) is 0.158. The van der Waals surface area contributed by atoms with Gasteiger partial charge in [0.05, 0.1) is 27.1 Å². The van der Waals surface area contributed by atoms with E-state index in [-0.39, 0.29) is 16.4 Å². The molecule has 0 saturated carbocycles. The molecule has 0 amide bonds. The number of para-hydroxylation sites is 2. The number of benzene rings is 2. The van der Waals surface area contributed by atoms with Crippen LogP contribution in [-0.2, 0) is 7.05 Å². The molecule has 2 aromatic carbocycles. The molecule has 0 spiro atoms. The summed E-state index contributed by atoms with van der Waals surface area (Å²) in [5.41, 5.74) is 1.05. The second kappa shape index (κ2) is 6.42. The van der Waals surface area contributed by atoms with E-state index in [2.05, 4.69) is 15.0 Å². The lowest BCUT2D eigenvalue weighted by Crippen LogP contribution is -2.20. The molecule has 1 atom stereocenters. The smallest absolute Gasteiger partial charge is 0.261 e. The number of rotatable bonds is 3. The van der Waals surface area contributed by atoms with Gasteiger partial charge in [-0.2, -0.15) is 0 Å². The van der Waals surface area contributed by atoms with Crippen LogP contribution in [0, 0.1) is 0 Å². The van der Waals surface area contributed by atoms with E-state index in [1.807, 2.05) is 43.3 Å². The zero-order chi connectivity index (χ0) is 18.3. The van der Waals surface area contributed by atoms with E-state index in [0.717, 1.165) is 0 Å². The maximum atomic E-state index is 12.5. The van der Waals surface area contributed by atoms with Crippen LogP contribution in [0.1, 0.15) is 18.0 Å². The standard InChI is InChI=1S/C19H16N4O2S/c1-11(16-20-14-9-5-3-7-12(14)17(24)22-16)26-19-21-15-10-6-4-8-13(15)18(25)23(19)2/h3-11H,1-2H3,(H,20,22,24)/t11-/m1/s1. The molecule has 0 saturated heterocycles. The van der Waals surface area contributed by atoms with Crippen LogP contribution in [0.5, 0.6) is 0 Å². The Bertz CT molecular complexity index is 1250. The third-order valence-corrected chi connectivity index (χ3v) is 5.39. The number of hydrogen-bond acceptors (Lipinski definition) is 5. The van der Waals surface area contributed by atoms with E-state index in [9.17, 15) is 9.59 Å². The molecule has 0 aliphatic rings. The van der Waals surface area contributed by atoms with Gasteiger partial charge in [-0.15, -0.1) is 0 Å². The Hall–Kier alpha value is -2.93. The molecule has 2 heterocycles. The Morgan fingerprint density at radius 1 is 0.962 bits per heavy atom. The molecule has 0 aliphatic heterocycles. The molecule has 0 bridgehead atoms. The first-order valence-electron chi connectivity index (χ1n) is 8.16. The molecule has 0 radical (unpaired) electrons. The van der Waals surface area contributed by atoms with Crippen molar-refractivity contribution in [2.45, 2.75) is 17.3 Å². The van der Waals surface area contributed by atoms with E-state index in [1.54, 1.807) is 19.2 Å². The van der Waals surface area contributed by atoms with Crippen molar-refractivity contribution in [2.75, 3.05) is 0 Å². The maximum absolute atomic E-state index is 12.5. The molecule has 7 heteroatoms. The summed E-state index contributed by atoms with van der Waals surface area (Å²) >= 11 is 1.39. The molecular formula is C19H16N4O2S. The summed E-state index contributed by atoms with van der Waals surface area (Å²) in [5.74, 6) is 0.557. The molecule has 130 valence electrons. The minimum atomic E-state index is -0.174. The summed E-state index contributed by atoms with van der Waals surface area (Å²) < 4.78 is 1.53. The topological polar surface area (TPSA) is 80.6 Å². The van der Waals surface area contributed by atoms with Crippen LogP contribution in [0.2, 0.25) is 0 Å². The van der Waals surface area contributed by atoms with Crippen molar-refractivity contribution in [1.29, 1.82) is 0 Å². The van der Waals surface area contributed by atoms with Crippen LogP contribution in [-0.4, -0.2) is 19.5 Å². The molecule has 4 rings (SSSR count). The van der Waals surface area contributed by atoms with Crippen molar-refractivity contribution in [1.82, 2.24) is 19.5 Å². The maximum Gasteiger partial charge on any atom is 0.261 e. The third-order valence-electron chi connectivity index (χ3n) is 4.24. The Kier molecular flexibility index (Phi) is 4.08. The lowest BCUT2D eigenvalue weighted by atomic mass is 10.2. The monoisotopic (exact) mass is 364 g/mol. The van der Waals surface area contributed by atoms with Crippen LogP contribution in [0.3, 0.4) is 0 Å². The highest BCUT2D eigenvalue weighted by molar-refractivity contribution is 7.99. The number of H-pyrrole nitrogens is 1. The average Bonchev–Trinajstić information content (AvgIpc) is 2.66. The lowest BCUT2D eigenvalue weighted by molar-refractivity contribution is 0.722. The third kappa shape index (κ3) is 2.80. The van der Waals surface area contributed by atoms with E-state index < -0.39 is 0 Å². The number of thioether (sulfide) groups is 1. The zero-order valence-electron chi connectivity index (χ0n) is 14.3. The SMILES string of the molecule is C[C@@H](Sc1nc2ccccc2c(=O)n1C)c1nc2ccccc2c(=O)[nH]1. The number of fused-ring (bicyclic) bond motifs is 2. The highest BCUT2D eigenvalue weighted by Crippen LogP contribution is 2.31. The van der Waals surface area contributed by atoms with Gasteiger partial charge in [-0.1, -0.05) is 36.0 Å². The summed E-state index contributed by atoms with van der Waals surface area (Å²) in [5, 5.41) is 1.55. The van der Waals surface area contributed by atoms with Gasteiger partial charge in [-0.05, 0) is 31.2 Å². The summed E-state index contributed by atoms with van der Waals surface area (Å²) in [6.45, 7) is 1.93. The molecule has 26 heavy (non-hydrogen) atoms. The van der Waals surface area contributed by atoms with Gasteiger partial charge in [0, 0.05) is 7.05 Å². The molecular weight excluding hydrogens is 348 g/mol. The number of aromatic nitrogens is 4. The van der Waals surface area contributed by atoms with Gasteiger partial charge in [0.2, 0.25) is 0 Å². The van der Waals surface area contributed by atoms with E-state index >= 15 is 0 Å². The van der Waals surface area contributed by atoms with Crippen LogP contribution in [0.15, 0.2) is 63.3 Å². The second-order valence-corrected chi connectivity index (χ2v) is 7.31. The van der Waals surface area contributed by atoms with Crippen molar-refractivity contribution < 1.29 is 0 Å².